The molecule has 2 N–H and O–H groups in total. The van der Waals surface area contributed by atoms with E-state index in [1.165, 1.54) is 48.5 Å². The smallest absolute Gasteiger partial charge is 0.123 e. The van der Waals surface area contributed by atoms with Gasteiger partial charge in [-0.2, -0.15) is 0 Å². The summed E-state index contributed by atoms with van der Waals surface area (Å²) in [6.07, 6.45) is 0. The molecular formula is C12H10F2O2. The molecule has 0 saturated heterocycles. The minimum Gasteiger partial charge on any atom is -0.508 e. The van der Waals surface area contributed by atoms with Gasteiger partial charge in [0.25, 0.3) is 0 Å². The quantitative estimate of drug-likeness (QED) is 0.722. The lowest BCUT2D eigenvalue weighted by atomic mass is 10.3. The zero-order valence-corrected chi connectivity index (χ0v) is 8.27. The molecule has 0 aliphatic heterocycles. The zero-order chi connectivity index (χ0) is 12.0. The van der Waals surface area contributed by atoms with Gasteiger partial charge in [-0.1, -0.05) is 0 Å². The van der Waals surface area contributed by atoms with Gasteiger partial charge < -0.3 is 10.2 Å². The highest BCUT2D eigenvalue weighted by Gasteiger charge is 1.86. The molecule has 2 aromatic carbocycles. The van der Waals surface area contributed by atoms with Crippen molar-refractivity contribution >= 4 is 0 Å². The van der Waals surface area contributed by atoms with Gasteiger partial charge in [-0.25, -0.2) is 8.78 Å². The lowest BCUT2D eigenvalue weighted by molar-refractivity contribution is 0.472. The van der Waals surface area contributed by atoms with Crippen LogP contribution in [0.4, 0.5) is 8.78 Å². The molecule has 0 atom stereocenters. The Balaban J connectivity index is 0.000000160. The summed E-state index contributed by atoms with van der Waals surface area (Å²) in [5, 5.41) is 17.2. The summed E-state index contributed by atoms with van der Waals surface area (Å²) in [6.45, 7) is 0. The molecule has 4 heteroatoms. The van der Waals surface area contributed by atoms with Crippen molar-refractivity contribution in [2.75, 3.05) is 0 Å². The first-order valence-corrected chi connectivity index (χ1v) is 4.47. The van der Waals surface area contributed by atoms with Gasteiger partial charge in [0.1, 0.15) is 23.1 Å². The number of hydrogen-bond donors (Lipinski definition) is 2. The number of rotatable bonds is 0. The Morgan fingerprint density at radius 1 is 0.562 bits per heavy atom. The van der Waals surface area contributed by atoms with Crippen LogP contribution in [0.3, 0.4) is 0 Å². The number of phenolic OH excluding ortho intramolecular Hbond substituents is 2. The molecule has 2 rings (SSSR count). The second-order valence-corrected chi connectivity index (χ2v) is 2.95. The summed E-state index contributed by atoms with van der Waals surface area (Å²) in [5.74, 6) is -0.483. The predicted molar refractivity (Wildman–Crippen MR) is 56.1 cm³/mol. The predicted octanol–water partition coefficient (Wildman–Crippen LogP) is 3.06. The summed E-state index contributed by atoms with van der Waals surface area (Å²) >= 11 is 0. The van der Waals surface area contributed by atoms with E-state index in [0.29, 0.717) is 0 Å². The van der Waals surface area contributed by atoms with Crippen molar-refractivity contribution in [3.63, 3.8) is 0 Å². The van der Waals surface area contributed by atoms with Crippen molar-refractivity contribution in [3.8, 4) is 11.5 Å². The summed E-state index contributed by atoms with van der Waals surface area (Å²) in [4.78, 5) is 0. The Hall–Kier alpha value is -2.10. The van der Waals surface area contributed by atoms with E-state index >= 15 is 0 Å². The van der Waals surface area contributed by atoms with Gasteiger partial charge in [0.05, 0.1) is 0 Å². The third-order valence-electron chi connectivity index (χ3n) is 1.65. The Labute approximate surface area is 91.4 Å². The van der Waals surface area contributed by atoms with Gasteiger partial charge in [0, 0.05) is 0 Å². The molecule has 0 heterocycles. The van der Waals surface area contributed by atoms with Crippen molar-refractivity contribution in [2.24, 2.45) is 0 Å². The number of phenols is 2. The first kappa shape index (κ1) is 12.0. The third-order valence-corrected chi connectivity index (χ3v) is 1.65. The van der Waals surface area contributed by atoms with Crippen LogP contribution < -0.4 is 0 Å². The molecular weight excluding hydrogens is 214 g/mol. The van der Waals surface area contributed by atoms with Crippen LogP contribution in [0.2, 0.25) is 0 Å². The molecule has 0 bridgehead atoms. The molecule has 0 fully saturated rings. The number of hydrogen-bond acceptors (Lipinski definition) is 2. The lowest BCUT2D eigenvalue weighted by Crippen LogP contribution is -1.67. The fourth-order valence-electron chi connectivity index (χ4n) is 0.882. The summed E-state index contributed by atoms with van der Waals surface area (Å²) < 4.78 is 24.0. The van der Waals surface area contributed by atoms with E-state index in [1.807, 2.05) is 0 Å². The van der Waals surface area contributed by atoms with E-state index in [9.17, 15) is 8.78 Å². The van der Waals surface area contributed by atoms with Crippen LogP contribution in [0, 0.1) is 11.6 Å². The lowest BCUT2D eigenvalue weighted by Gasteiger charge is -1.86. The van der Waals surface area contributed by atoms with Gasteiger partial charge in [-0.15, -0.1) is 0 Å². The summed E-state index contributed by atoms with van der Waals surface area (Å²) in [7, 11) is 0. The Morgan fingerprint density at radius 3 is 1.00 bits per heavy atom. The first-order valence-electron chi connectivity index (χ1n) is 4.47. The molecule has 0 aromatic heterocycles. The molecule has 0 unspecified atom stereocenters. The molecule has 2 aromatic rings. The molecule has 0 saturated carbocycles. The van der Waals surface area contributed by atoms with E-state index in [2.05, 4.69) is 0 Å². The van der Waals surface area contributed by atoms with Gasteiger partial charge in [0.15, 0.2) is 0 Å². The maximum atomic E-state index is 12.0. The van der Waals surface area contributed by atoms with Crippen LogP contribution in [0.15, 0.2) is 48.5 Å². The van der Waals surface area contributed by atoms with Gasteiger partial charge in [-0.3, -0.25) is 0 Å². The van der Waals surface area contributed by atoms with E-state index in [1.54, 1.807) is 0 Å². The minimum absolute atomic E-state index is 0.0893. The van der Waals surface area contributed by atoms with Crippen LogP contribution in [-0.2, 0) is 0 Å². The largest absolute Gasteiger partial charge is 0.508 e. The average molecular weight is 224 g/mol. The highest BCUT2D eigenvalue weighted by Crippen LogP contribution is 2.07. The van der Waals surface area contributed by atoms with Crippen molar-refractivity contribution < 1.29 is 19.0 Å². The first-order chi connectivity index (χ1) is 7.58. The summed E-state index contributed by atoms with van der Waals surface area (Å²) in [5.41, 5.74) is 0. The molecule has 0 aliphatic carbocycles. The average Bonchev–Trinajstić information content (AvgIpc) is 2.28. The molecule has 0 aliphatic rings. The van der Waals surface area contributed by atoms with E-state index in [4.69, 9.17) is 10.2 Å². The highest BCUT2D eigenvalue weighted by atomic mass is 19.1. The monoisotopic (exact) mass is 224 g/mol. The fraction of sp³-hybridized carbons (Fsp3) is 0. The van der Waals surface area contributed by atoms with Gasteiger partial charge >= 0.3 is 0 Å². The van der Waals surface area contributed by atoms with Crippen LogP contribution >= 0.6 is 0 Å². The molecule has 0 radical (unpaired) electrons. The van der Waals surface area contributed by atoms with Crippen LogP contribution in [0.25, 0.3) is 0 Å². The zero-order valence-electron chi connectivity index (χ0n) is 8.27. The number of halogens is 2. The molecule has 2 nitrogen and oxygen atoms in total. The van der Waals surface area contributed by atoms with E-state index < -0.39 is 0 Å². The third kappa shape index (κ3) is 4.41. The number of benzene rings is 2. The normalized spacial score (nSPS) is 9.12. The fourth-order valence-corrected chi connectivity index (χ4v) is 0.882. The Bertz CT molecular complexity index is 338. The van der Waals surface area contributed by atoms with Crippen molar-refractivity contribution in [2.45, 2.75) is 0 Å². The van der Waals surface area contributed by atoms with Gasteiger partial charge in [0.2, 0.25) is 0 Å². The maximum absolute atomic E-state index is 12.0. The molecule has 0 spiro atoms. The SMILES string of the molecule is Oc1ccc(F)cc1.Oc1ccc(F)cc1. The standard InChI is InChI=1S/2C6H5FO/c2*7-5-1-3-6(8)4-2-5/h2*1-4,8H. The molecule has 0 amide bonds. The molecule has 84 valence electrons. The van der Waals surface area contributed by atoms with Crippen LogP contribution in [0.1, 0.15) is 0 Å². The van der Waals surface area contributed by atoms with Crippen molar-refractivity contribution in [3.05, 3.63) is 60.2 Å². The van der Waals surface area contributed by atoms with E-state index in [-0.39, 0.29) is 23.1 Å². The van der Waals surface area contributed by atoms with Gasteiger partial charge in [-0.05, 0) is 48.5 Å². The Morgan fingerprint density at radius 2 is 0.812 bits per heavy atom. The number of aromatic hydroxyl groups is 2. The Kier molecular flexibility index (Phi) is 4.27. The summed E-state index contributed by atoms with van der Waals surface area (Å²) in [6, 6.07) is 10.0. The van der Waals surface area contributed by atoms with Crippen molar-refractivity contribution in [1.29, 1.82) is 0 Å². The second kappa shape index (κ2) is 5.70. The van der Waals surface area contributed by atoms with Crippen LogP contribution in [-0.4, -0.2) is 10.2 Å². The van der Waals surface area contributed by atoms with E-state index in [0.717, 1.165) is 0 Å². The molecule has 16 heavy (non-hydrogen) atoms. The highest BCUT2D eigenvalue weighted by molar-refractivity contribution is 5.20. The van der Waals surface area contributed by atoms with Crippen molar-refractivity contribution in [1.82, 2.24) is 0 Å². The maximum Gasteiger partial charge on any atom is 0.123 e. The van der Waals surface area contributed by atoms with Crippen LogP contribution in [0.5, 0.6) is 11.5 Å². The minimum atomic E-state index is -0.331. The second-order valence-electron chi connectivity index (χ2n) is 2.95. The topological polar surface area (TPSA) is 40.5 Å².